The maximum absolute atomic E-state index is 12.6. The molecule has 0 aliphatic rings. The highest BCUT2D eigenvalue weighted by Crippen LogP contribution is 2.27. The van der Waals surface area contributed by atoms with Gasteiger partial charge in [-0.1, -0.05) is 23.7 Å². The lowest BCUT2D eigenvalue weighted by atomic mass is 10.2. The zero-order valence-electron chi connectivity index (χ0n) is 14.0. The van der Waals surface area contributed by atoms with Crippen LogP contribution in [-0.2, 0) is 10.0 Å². The summed E-state index contributed by atoms with van der Waals surface area (Å²) in [6, 6.07) is 11.4. The first-order chi connectivity index (χ1) is 11.7. The smallest absolute Gasteiger partial charge is 0.257 e. The van der Waals surface area contributed by atoms with E-state index in [1.54, 1.807) is 24.3 Å². The lowest BCUT2D eigenvalue weighted by Gasteiger charge is -2.15. The van der Waals surface area contributed by atoms with E-state index in [2.05, 4.69) is 10.0 Å². The van der Waals surface area contributed by atoms with Crippen LogP contribution in [0.25, 0.3) is 0 Å². The summed E-state index contributed by atoms with van der Waals surface area (Å²) in [6.07, 6.45) is 0.977. The number of ether oxygens (including phenoxy) is 1. The van der Waals surface area contributed by atoms with Gasteiger partial charge in [0.25, 0.3) is 5.91 Å². The number of halogens is 1. The summed E-state index contributed by atoms with van der Waals surface area (Å²) in [6.45, 7) is 3.77. The summed E-state index contributed by atoms with van der Waals surface area (Å²) >= 11 is 6.08. The van der Waals surface area contributed by atoms with Gasteiger partial charge in [-0.05, 0) is 44.2 Å². The summed E-state index contributed by atoms with van der Waals surface area (Å²) in [7, 11) is -3.46. The highest BCUT2D eigenvalue weighted by Gasteiger charge is 2.15. The van der Waals surface area contributed by atoms with Gasteiger partial charge < -0.3 is 10.1 Å². The van der Waals surface area contributed by atoms with E-state index in [4.69, 9.17) is 16.3 Å². The number of hydrogen-bond donors (Lipinski definition) is 2. The molecule has 2 aromatic rings. The summed E-state index contributed by atoms with van der Waals surface area (Å²) in [5.41, 5.74) is 0.900. The van der Waals surface area contributed by atoms with Gasteiger partial charge in [0, 0.05) is 5.69 Å². The van der Waals surface area contributed by atoms with Gasteiger partial charge in [0.15, 0.2) is 0 Å². The Morgan fingerprint density at radius 3 is 2.48 bits per heavy atom. The number of anilines is 2. The summed E-state index contributed by atoms with van der Waals surface area (Å²) in [5.74, 6) is 0.0642. The molecule has 0 radical (unpaired) electrons. The average molecular weight is 383 g/mol. The molecule has 0 saturated carbocycles. The Morgan fingerprint density at radius 1 is 1.16 bits per heavy atom. The molecule has 8 heteroatoms. The molecule has 0 fully saturated rings. The molecule has 0 saturated heterocycles. The lowest BCUT2D eigenvalue weighted by molar-refractivity contribution is 0.102. The minimum atomic E-state index is -3.46. The molecule has 0 atom stereocenters. The van der Waals surface area contributed by atoms with Gasteiger partial charge in [0.1, 0.15) is 5.75 Å². The molecular formula is C17H19ClN2O4S. The fourth-order valence-electron chi connectivity index (χ4n) is 2.09. The highest BCUT2D eigenvalue weighted by atomic mass is 35.5. The van der Waals surface area contributed by atoms with Gasteiger partial charge in [-0.3, -0.25) is 9.52 Å². The third kappa shape index (κ3) is 5.65. The van der Waals surface area contributed by atoms with Crippen LogP contribution >= 0.6 is 11.6 Å². The Morgan fingerprint density at radius 2 is 1.84 bits per heavy atom. The van der Waals surface area contributed by atoms with Crippen molar-refractivity contribution in [1.29, 1.82) is 0 Å². The maximum atomic E-state index is 12.6. The number of carbonyl (C=O) groups is 1. The molecule has 2 aromatic carbocycles. The molecule has 1 amide bonds. The standard InChI is InChI=1S/C17H19ClN2O4S/c1-11(2)24-16-7-5-4-6-15(16)19-17(21)13-10-12(8-9-14(13)18)20-25(3,22)23/h4-11,20H,1-3H3,(H,19,21). The Hall–Kier alpha value is -2.25. The van der Waals surface area contributed by atoms with E-state index in [0.717, 1.165) is 6.26 Å². The van der Waals surface area contributed by atoms with Gasteiger partial charge in [-0.15, -0.1) is 0 Å². The normalized spacial score (nSPS) is 11.2. The zero-order chi connectivity index (χ0) is 18.6. The van der Waals surface area contributed by atoms with E-state index >= 15 is 0 Å². The van der Waals surface area contributed by atoms with E-state index in [1.807, 2.05) is 13.8 Å². The van der Waals surface area contributed by atoms with Crippen LogP contribution in [0.1, 0.15) is 24.2 Å². The van der Waals surface area contributed by atoms with Gasteiger partial charge in [0.05, 0.1) is 28.6 Å². The molecule has 25 heavy (non-hydrogen) atoms. The van der Waals surface area contributed by atoms with Crippen molar-refractivity contribution in [2.24, 2.45) is 0 Å². The quantitative estimate of drug-likeness (QED) is 0.796. The van der Waals surface area contributed by atoms with Crippen LogP contribution in [0, 0.1) is 0 Å². The third-order valence-electron chi connectivity index (χ3n) is 3.01. The van der Waals surface area contributed by atoms with Crippen molar-refractivity contribution in [1.82, 2.24) is 0 Å². The molecule has 0 aromatic heterocycles. The molecule has 0 aliphatic heterocycles. The van der Waals surface area contributed by atoms with Crippen LogP contribution in [0.4, 0.5) is 11.4 Å². The van der Waals surface area contributed by atoms with Crippen molar-refractivity contribution in [3.63, 3.8) is 0 Å². The van der Waals surface area contributed by atoms with E-state index in [1.165, 1.54) is 18.2 Å². The van der Waals surface area contributed by atoms with Gasteiger partial charge in [-0.25, -0.2) is 8.42 Å². The summed E-state index contributed by atoms with van der Waals surface area (Å²) < 4.78 is 30.7. The molecular weight excluding hydrogens is 364 g/mol. The molecule has 0 spiro atoms. The Bertz CT molecular complexity index is 882. The van der Waals surface area contributed by atoms with E-state index in [9.17, 15) is 13.2 Å². The van der Waals surface area contributed by atoms with Crippen LogP contribution in [0.15, 0.2) is 42.5 Å². The Labute approximate surface area is 152 Å². The third-order valence-corrected chi connectivity index (χ3v) is 3.95. The van der Waals surface area contributed by atoms with Crippen LogP contribution in [0.5, 0.6) is 5.75 Å². The van der Waals surface area contributed by atoms with Crippen LogP contribution in [0.3, 0.4) is 0 Å². The minimum Gasteiger partial charge on any atom is -0.489 e. The predicted octanol–water partition coefficient (Wildman–Crippen LogP) is 3.75. The Kier molecular flexibility index (Phi) is 5.92. The monoisotopic (exact) mass is 382 g/mol. The fraction of sp³-hybridized carbons (Fsp3) is 0.235. The number of carbonyl (C=O) groups excluding carboxylic acids is 1. The molecule has 0 heterocycles. The lowest BCUT2D eigenvalue weighted by Crippen LogP contribution is -2.16. The molecule has 0 aliphatic carbocycles. The second kappa shape index (κ2) is 7.76. The van der Waals surface area contributed by atoms with Crippen LogP contribution in [0.2, 0.25) is 5.02 Å². The number of amides is 1. The van der Waals surface area contributed by atoms with Crippen molar-refractivity contribution >= 4 is 38.9 Å². The van der Waals surface area contributed by atoms with E-state index in [-0.39, 0.29) is 22.4 Å². The van der Waals surface area contributed by atoms with Crippen molar-refractivity contribution in [2.45, 2.75) is 20.0 Å². The topological polar surface area (TPSA) is 84.5 Å². The number of sulfonamides is 1. The van der Waals surface area contributed by atoms with Crippen molar-refractivity contribution < 1.29 is 17.9 Å². The van der Waals surface area contributed by atoms with Gasteiger partial charge in [-0.2, -0.15) is 0 Å². The SMILES string of the molecule is CC(C)Oc1ccccc1NC(=O)c1cc(NS(C)(=O)=O)ccc1Cl. The van der Waals surface area contributed by atoms with Crippen LogP contribution in [-0.4, -0.2) is 26.7 Å². The molecule has 0 unspecified atom stereocenters. The number of rotatable bonds is 6. The first-order valence-corrected chi connectivity index (χ1v) is 9.77. The maximum Gasteiger partial charge on any atom is 0.257 e. The summed E-state index contributed by atoms with van der Waals surface area (Å²) in [4.78, 5) is 12.6. The number of hydrogen-bond acceptors (Lipinski definition) is 4. The first-order valence-electron chi connectivity index (χ1n) is 7.50. The van der Waals surface area contributed by atoms with Gasteiger partial charge in [0.2, 0.25) is 10.0 Å². The minimum absolute atomic E-state index is 0.0519. The second-order valence-electron chi connectivity index (χ2n) is 5.69. The second-order valence-corrected chi connectivity index (χ2v) is 7.84. The molecule has 0 bridgehead atoms. The molecule has 134 valence electrons. The molecule has 2 N–H and O–H groups in total. The number of benzene rings is 2. The first kappa shape index (κ1) is 19.1. The Balaban J connectivity index is 2.28. The van der Waals surface area contributed by atoms with Crippen molar-refractivity contribution in [2.75, 3.05) is 16.3 Å². The number of para-hydroxylation sites is 2. The fourth-order valence-corrected chi connectivity index (χ4v) is 2.85. The van der Waals surface area contributed by atoms with Crippen molar-refractivity contribution in [3.05, 3.63) is 53.1 Å². The summed E-state index contributed by atoms with van der Waals surface area (Å²) in [5, 5.41) is 2.94. The average Bonchev–Trinajstić information content (AvgIpc) is 2.49. The van der Waals surface area contributed by atoms with E-state index < -0.39 is 15.9 Å². The zero-order valence-corrected chi connectivity index (χ0v) is 15.6. The highest BCUT2D eigenvalue weighted by molar-refractivity contribution is 7.92. The molecule has 6 nitrogen and oxygen atoms in total. The van der Waals surface area contributed by atoms with E-state index in [0.29, 0.717) is 11.4 Å². The number of nitrogens with one attached hydrogen (secondary N) is 2. The predicted molar refractivity (Wildman–Crippen MR) is 100 cm³/mol. The van der Waals surface area contributed by atoms with Gasteiger partial charge >= 0.3 is 0 Å². The van der Waals surface area contributed by atoms with Crippen molar-refractivity contribution in [3.8, 4) is 5.75 Å². The molecule has 2 rings (SSSR count). The largest absolute Gasteiger partial charge is 0.489 e. The van der Waals surface area contributed by atoms with Crippen LogP contribution < -0.4 is 14.8 Å².